The number of benzene rings is 3. The van der Waals surface area contributed by atoms with Gasteiger partial charge in [0.15, 0.2) is 0 Å². The Bertz CT molecular complexity index is 1390. The molecule has 35 heavy (non-hydrogen) atoms. The molecule has 0 spiro atoms. The van der Waals surface area contributed by atoms with Gasteiger partial charge in [-0.25, -0.2) is 4.79 Å². The van der Waals surface area contributed by atoms with E-state index in [4.69, 9.17) is 4.84 Å². The standard InChI is InChI=1S/C28H29N3O4/c1-3-4-5-6-7-11-26(29-35-20(2)32)21-13-15-22(16-14-21)30-27-12-9-8-10-24(27)25-19-23(31(33)34)17-18-28(25)30/h8-10,12-19H,3-7,11H2,1-2H3/b29-26-. The summed E-state index contributed by atoms with van der Waals surface area (Å²) < 4.78 is 2.10. The Balaban J connectivity index is 1.70. The lowest BCUT2D eigenvalue weighted by Gasteiger charge is -2.10. The first-order chi connectivity index (χ1) is 17.0. The average Bonchev–Trinajstić information content (AvgIpc) is 3.19. The number of carbonyl (C=O) groups is 1. The molecule has 0 aliphatic carbocycles. The number of hydrogen-bond donors (Lipinski definition) is 0. The summed E-state index contributed by atoms with van der Waals surface area (Å²) in [5, 5.41) is 17.3. The van der Waals surface area contributed by atoms with Crippen LogP contribution in [0.2, 0.25) is 0 Å². The lowest BCUT2D eigenvalue weighted by atomic mass is 10.0. The zero-order chi connectivity index (χ0) is 24.8. The highest BCUT2D eigenvalue weighted by atomic mass is 16.7. The molecular weight excluding hydrogens is 442 g/mol. The zero-order valence-electron chi connectivity index (χ0n) is 20.1. The van der Waals surface area contributed by atoms with E-state index in [9.17, 15) is 14.9 Å². The summed E-state index contributed by atoms with van der Waals surface area (Å²) in [5.41, 5.74) is 4.53. The molecule has 7 heteroatoms. The van der Waals surface area contributed by atoms with E-state index >= 15 is 0 Å². The molecule has 0 unspecified atom stereocenters. The SMILES string of the molecule is CCCCCCC/C(=N/OC(C)=O)c1ccc(-n2c3ccccc3c3cc([N+](=O)[O-])ccc32)cc1. The molecule has 0 radical (unpaired) electrons. The van der Waals surface area contributed by atoms with Crippen molar-refractivity contribution in [3.05, 3.63) is 82.4 Å². The Labute approximate surface area is 204 Å². The van der Waals surface area contributed by atoms with Gasteiger partial charge in [-0.15, -0.1) is 0 Å². The van der Waals surface area contributed by atoms with Crippen molar-refractivity contribution in [2.24, 2.45) is 5.16 Å². The third-order valence-corrected chi connectivity index (χ3v) is 6.13. The van der Waals surface area contributed by atoms with Crippen LogP contribution in [0.4, 0.5) is 5.69 Å². The van der Waals surface area contributed by atoms with Gasteiger partial charge < -0.3 is 9.40 Å². The number of nitro benzene ring substituents is 1. The Morgan fingerprint density at radius 3 is 2.37 bits per heavy atom. The van der Waals surface area contributed by atoms with Crippen molar-refractivity contribution in [3.8, 4) is 5.69 Å². The summed E-state index contributed by atoms with van der Waals surface area (Å²) in [6.07, 6.45) is 6.41. The van der Waals surface area contributed by atoms with E-state index in [-0.39, 0.29) is 10.6 Å². The Hall–Kier alpha value is -4.00. The van der Waals surface area contributed by atoms with E-state index in [1.54, 1.807) is 12.1 Å². The Kier molecular flexibility index (Phi) is 7.55. The number of oxime groups is 1. The zero-order valence-corrected chi connectivity index (χ0v) is 20.1. The highest BCUT2D eigenvalue weighted by Gasteiger charge is 2.16. The van der Waals surface area contributed by atoms with E-state index in [1.165, 1.54) is 32.3 Å². The molecule has 0 saturated carbocycles. The number of aromatic nitrogens is 1. The molecule has 1 heterocycles. The third kappa shape index (κ3) is 5.40. The van der Waals surface area contributed by atoms with Crippen LogP contribution in [0.1, 0.15) is 57.9 Å². The molecule has 0 fully saturated rings. The molecule has 0 saturated heterocycles. The number of unbranched alkanes of at least 4 members (excludes halogenated alkanes) is 4. The predicted octanol–water partition coefficient (Wildman–Crippen LogP) is 7.32. The van der Waals surface area contributed by atoms with Gasteiger partial charge in [-0.05, 0) is 42.7 Å². The molecule has 0 aliphatic heterocycles. The maximum Gasteiger partial charge on any atom is 0.331 e. The number of non-ortho nitro benzene ring substituents is 1. The topological polar surface area (TPSA) is 86.7 Å². The van der Waals surface area contributed by atoms with Gasteiger partial charge in [0.25, 0.3) is 5.69 Å². The van der Waals surface area contributed by atoms with Crippen LogP contribution in [-0.2, 0) is 9.63 Å². The molecule has 0 N–H and O–H groups in total. The van der Waals surface area contributed by atoms with Gasteiger partial charge in [0, 0.05) is 35.5 Å². The highest BCUT2D eigenvalue weighted by Crippen LogP contribution is 2.34. The maximum absolute atomic E-state index is 11.3. The van der Waals surface area contributed by atoms with Crippen LogP contribution >= 0.6 is 0 Å². The van der Waals surface area contributed by atoms with E-state index in [2.05, 4.69) is 16.6 Å². The second kappa shape index (κ2) is 11.0. The number of carbonyl (C=O) groups excluding carboxylic acids is 1. The lowest BCUT2D eigenvalue weighted by molar-refractivity contribution is -0.384. The van der Waals surface area contributed by atoms with Crippen LogP contribution in [0.25, 0.3) is 27.5 Å². The molecule has 7 nitrogen and oxygen atoms in total. The Morgan fingerprint density at radius 2 is 1.66 bits per heavy atom. The first-order valence-electron chi connectivity index (χ1n) is 12.0. The summed E-state index contributed by atoms with van der Waals surface area (Å²) in [4.78, 5) is 27.3. The van der Waals surface area contributed by atoms with Crippen molar-refractivity contribution in [1.29, 1.82) is 0 Å². The second-order valence-corrected chi connectivity index (χ2v) is 8.64. The fourth-order valence-electron chi connectivity index (χ4n) is 4.41. The van der Waals surface area contributed by atoms with Gasteiger partial charge in [0.2, 0.25) is 0 Å². The van der Waals surface area contributed by atoms with Crippen LogP contribution in [0.5, 0.6) is 0 Å². The molecule has 4 rings (SSSR count). The molecular formula is C28H29N3O4. The van der Waals surface area contributed by atoms with Gasteiger partial charge in [0.05, 0.1) is 21.7 Å². The number of rotatable bonds is 10. The van der Waals surface area contributed by atoms with Gasteiger partial charge in [0.1, 0.15) is 0 Å². The second-order valence-electron chi connectivity index (χ2n) is 8.64. The normalized spacial score (nSPS) is 11.8. The van der Waals surface area contributed by atoms with E-state index < -0.39 is 5.97 Å². The maximum atomic E-state index is 11.3. The molecule has 180 valence electrons. The summed E-state index contributed by atoms with van der Waals surface area (Å²) in [6, 6.07) is 20.8. The largest absolute Gasteiger partial charge is 0.331 e. The van der Waals surface area contributed by atoms with E-state index in [1.807, 2.05) is 48.5 Å². The minimum atomic E-state index is -0.440. The van der Waals surface area contributed by atoms with Crippen LogP contribution in [0.15, 0.2) is 71.9 Å². The summed E-state index contributed by atoms with van der Waals surface area (Å²) in [5.74, 6) is -0.440. The summed E-state index contributed by atoms with van der Waals surface area (Å²) in [7, 11) is 0. The van der Waals surface area contributed by atoms with Crippen molar-refractivity contribution in [2.75, 3.05) is 0 Å². The van der Waals surface area contributed by atoms with Crippen molar-refractivity contribution in [2.45, 2.75) is 52.4 Å². The Morgan fingerprint density at radius 1 is 0.943 bits per heavy atom. The van der Waals surface area contributed by atoms with Crippen molar-refractivity contribution >= 4 is 39.2 Å². The molecule has 3 aromatic carbocycles. The number of nitrogens with zero attached hydrogens (tertiary/aromatic N) is 3. The summed E-state index contributed by atoms with van der Waals surface area (Å²) in [6.45, 7) is 3.53. The van der Waals surface area contributed by atoms with Crippen molar-refractivity contribution in [1.82, 2.24) is 4.57 Å². The molecule has 0 amide bonds. The van der Waals surface area contributed by atoms with E-state index in [0.29, 0.717) is 0 Å². The fraction of sp³-hybridized carbons (Fsp3) is 0.286. The smallest absolute Gasteiger partial charge is 0.318 e. The van der Waals surface area contributed by atoms with Crippen LogP contribution < -0.4 is 0 Å². The van der Waals surface area contributed by atoms with Crippen LogP contribution in [0, 0.1) is 10.1 Å². The first-order valence-corrected chi connectivity index (χ1v) is 12.0. The van der Waals surface area contributed by atoms with Crippen LogP contribution in [-0.4, -0.2) is 21.2 Å². The van der Waals surface area contributed by atoms with Gasteiger partial charge in [-0.1, -0.05) is 68.1 Å². The molecule has 0 atom stereocenters. The first kappa shape index (κ1) is 24.1. The fourth-order valence-corrected chi connectivity index (χ4v) is 4.41. The van der Waals surface area contributed by atoms with Gasteiger partial charge in [-0.2, -0.15) is 0 Å². The van der Waals surface area contributed by atoms with Crippen LogP contribution in [0.3, 0.4) is 0 Å². The number of hydrogen-bond acceptors (Lipinski definition) is 5. The van der Waals surface area contributed by atoms with Crippen molar-refractivity contribution < 1.29 is 14.6 Å². The molecule has 1 aromatic heterocycles. The number of nitro groups is 1. The third-order valence-electron chi connectivity index (χ3n) is 6.13. The average molecular weight is 472 g/mol. The minimum absolute atomic E-state index is 0.0704. The number of fused-ring (bicyclic) bond motifs is 3. The van der Waals surface area contributed by atoms with E-state index in [0.717, 1.165) is 58.0 Å². The molecule has 0 aliphatic rings. The quantitative estimate of drug-likeness (QED) is 0.0797. The predicted molar refractivity (Wildman–Crippen MR) is 139 cm³/mol. The van der Waals surface area contributed by atoms with Gasteiger partial charge >= 0.3 is 5.97 Å². The molecule has 4 aromatic rings. The highest BCUT2D eigenvalue weighted by molar-refractivity contribution is 6.10. The lowest BCUT2D eigenvalue weighted by Crippen LogP contribution is -2.05. The minimum Gasteiger partial charge on any atom is -0.318 e. The summed E-state index contributed by atoms with van der Waals surface area (Å²) >= 11 is 0. The van der Waals surface area contributed by atoms with Crippen molar-refractivity contribution in [3.63, 3.8) is 0 Å². The van der Waals surface area contributed by atoms with Gasteiger partial charge in [-0.3, -0.25) is 10.1 Å². The number of para-hydroxylation sites is 1. The molecule has 0 bridgehead atoms. The monoisotopic (exact) mass is 471 g/mol.